The minimum Gasteiger partial charge on any atom is -0.378 e. The number of nitrogens with one attached hydrogen (secondary N) is 1. The van der Waals surface area contributed by atoms with Crippen LogP contribution >= 0.6 is 27.7 Å². The molecule has 6 heteroatoms. The fourth-order valence-electron chi connectivity index (χ4n) is 1.14. The quantitative estimate of drug-likeness (QED) is 0.902. The molecule has 0 unspecified atom stereocenters. The first-order valence-corrected chi connectivity index (χ1v) is 6.62. The van der Waals surface area contributed by atoms with Crippen molar-refractivity contribution in [3.63, 3.8) is 0 Å². The number of ether oxygens (including phenoxy) is 1. The van der Waals surface area contributed by atoms with Gasteiger partial charge in [-0.15, -0.1) is 0 Å². The van der Waals surface area contributed by atoms with Gasteiger partial charge in [0.2, 0.25) is 0 Å². The molecule has 0 saturated carbocycles. The molecule has 15 heavy (non-hydrogen) atoms. The summed E-state index contributed by atoms with van der Waals surface area (Å²) >= 11 is 5.15. The van der Waals surface area contributed by atoms with Crippen LogP contribution in [0.5, 0.6) is 0 Å². The van der Waals surface area contributed by atoms with Crippen LogP contribution in [-0.2, 0) is 17.1 Å². The van der Waals surface area contributed by atoms with E-state index in [1.807, 2.05) is 13.3 Å². The second kappa shape index (κ2) is 6.30. The molecule has 0 atom stereocenters. The maximum absolute atomic E-state index is 5.09. The number of aromatic nitrogens is 2. The number of halogens is 1. The molecule has 0 aliphatic rings. The van der Waals surface area contributed by atoms with E-state index in [1.165, 1.54) is 0 Å². The Hall–Kier alpha value is -0.330. The Labute approximate surface area is 102 Å². The molecule has 0 radical (unpaired) electrons. The van der Waals surface area contributed by atoms with Crippen LogP contribution in [-0.4, -0.2) is 30.4 Å². The largest absolute Gasteiger partial charge is 0.378 e. The number of thioether (sulfide) groups is 1. The Morgan fingerprint density at radius 3 is 2.73 bits per heavy atom. The van der Waals surface area contributed by atoms with Gasteiger partial charge in [-0.05, 0) is 22.2 Å². The summed E-state index contributed by atoms with van der Waals surface area (Å²) in [5, 5.41) is 3.03. The van der Waals surface area contributed by atoms with E-state index in [9.17, 15) is 0 Å². The average molecular weight is 292 g/mol. The first kappa shape index (κ1) is 12.7. The third-order valence-corrected chi connectivity index (χ3v) is 3.14. The van der Waals surface area contributed by atoms with E-state index >= 15 is 0 Å². The van der Waals surface area contributed by atoms with Gasteiger partial charge >= 0.3 is 0 Å². The smallest absolute Gasteiger partial charge is 0.144 e. The van der Waals surface area contributed by atoms with Crippen molar-refractivity contribution in [2.75, 3.05) is 25.7 Å². The van der Waals surface area contributed by atoms with Gasteiger partial charge in [-0.25, -0.2) is 9.97 Å². The van der Waals surface area contributed by atoms with Gasteiger partial charge in [-0.3, -0.25) is 0 Å². The van der Waals surface area contributed by atoms with Crippen molar-refractivity contribution in [2.45, 2.75) is 12.4 Å². The number of anilines is 1. The zero-order valence-electron chi connectivity index (χ0n) is 9.00. The molecular formula is C9H14BrN3OS. The van der Waals surface area contributed by atoms with Gasteiger partial charge < -0.3 is 10.1 Å². The third-order valence-electron chi connectivity index (χ3n) is 1.76. The molecule has 84 valence electrons. The molecule has 0 aliphatic carbocycles. The fourth-order valence-corrected chi connectivity index (χ4v) is 2.01. The Morgan fingerprint density at radius 2 is 2.20 bits per heavy atom. The maximum atomic E-state index is 5.09. The summed E-state index contributed by atoms with van der Waals surface area (Å²) < 4.78 is 5.96. The van der Waals surface area contributed by atoms with Crippen molar-refractivity contribution in [3.05, 3.63) is 16.0 Å². The SMILES string of the molecule is CNc1nc(CSC)nc(COC)c1Br. The van der Waals surface area contributed by atoms with Gasteiger partial charge in [0, 0.05) is 14.2 Å². The molecule has 0 saturated heterocycles. The van der Waals surface area contributed by atoms with E-state index in [0.29, 0.717) is 6.61 Å². The lowest BCUT2D eigenvalue weighted by molar-refractivity contribution is 0.180. The molecule has 0 bridgehead atoms. The summed E-state index contributed by atoms with van der Waals surface area (Å²) in [6.45, 7) is 0.485. The van der Waals surface area contributed by atoms with Crippen molar-refractivity contribution < 1.29 is 4.74 Å². The van der Waals surface area contributed by atoms with E-state index < -0.39 is 0 Å². The van der Waals surface area contributed by atoms with E-state index in [1.54, 1.807) is 18.9 Å². The Balaban J connectivity index is 3.07. The highest BCUT2D eigenvalue weighted by atomic mass is 79.9. The van der Waals surface area contributed by atoms with E-state index in [2.05, 4.69) is 31.2 Å². The van der Waals surface area contributed by atoms with E-state index in [0.717, 1.165) is 27.6 Å². The Morgan fingerprint density at radius 1 is 1.47 bits per heavy atom. The van der Waals surface area contributed by atoms with Crippen molar-refractivity contribution in [2.24, 2.45) is 0 Å². The van der Waals surface area contributed by atoms with Crippen LogP contribution in [0.1, 0.15) is 11.5 Å². The highest BCUT2D eigenvalue weighted by molar-refractivity contribution is 9.10. The first-order valence-electron chi connectivity index (χ1n) is 4.43. The minimum atomic E-state index is 0.485. The van der Waals surface area contributed by atoms with Gasteiger partial charge in [-0.1, -0.05) is 0 Å². The number of nitrogens with zero attached hydrogens (tertiary/aromatic N) is 2. The van der Waals surface area contributed by atoms with Crippen molar-refractivity contribution in [3.8, 4) is 0 Å². The highest BCUT2D eigenvalue weighted by Gasteiger charge is 2.10. The molecule has 1 rings (SSSR count). The van der Waals surface area contributed by atoms with Gasteiger partial charge in [-0.2, -0.15) is 11.8 Å². The lowest BCUT2D eigenvalue weighted by atomic mass is 10.4. The third kappa shape index (κ3) is 3.32. The normalized spacial score (nSPS) is 10.4. The molecule has 1 aromatic rings. The molecular weight excluding hydrogens is 278 g/mol. The summed E-state index contributed by atoms with van der Waals surface area (Å²) in [6, 6.07) is 0. The fraction of sp³-hybridized carbons (Fsp3) is 0.556. The van der Waals surface area contributed by atoms with Gasteiger partial charge in [0.25, 0.3) is 0 Å². The van der Waals surface area contributed by atoms with Crippen LogP contribution in [0.15, 0.2) is 4.47 Å². The summed E-state index contributed by atoms with van der Waals surface area (Å²) in [7, 11) is 3.49. The highest BCUT2D eigenvalue weighted by Crippen LogP contribution is 2.24. The van der Waals surface area contributed by atoms with Crippen LogP contribution in [0, 0.1) is 0 Å². The van der Waals surface area contributed by atoms with Crippen LogP contribution in [0.2, 0.25) is 0 Å². The minimum absolute atomic E-state index is 0.485. The lowest BCUT2D eigenvalue weighted by Crippen LogP contribution is -2.05. The average Bonchev–Trinajstić information content (AvgIpc) is 2.23. The van der Waals surface area contributed by atoms with Crippen LogP contribution in [0.25, 0.3) is 0 Å². The van der Waals surface area contributed by atoms with Crippen molar-refractivity contribution in [1.29, 1.82) is 0 Å². The monoisotopic (exact) mass is 291 g/mol. The predicted octanol–water partition coefficient (Wildman–Crippen LogP) is 2.29. The molecule has 0 spiro atoms. The molecule has 0 fully saturated rings. The predicted molar refractivity (Wildman–Crippen MR) is 67.2 cm³/mol. The van der Waals surface area contributed by atoms with Crippen LogP contribution in [0.3, 0.4) is 0 Å². The maximum Gasteiger partial charge on any atom is 0.144 e. The standard InChI is InChI=1S/C9H14BrN3OS/c1-11-9-8(10)6(4-14-2)12-7(13-9)5-15-3/h4-5H2,1-3H3,(H,11,12,13). The number of rotatable bonds is 5. The summed E-state index contributed by atoms with van der Waals surface area (Å²) in [5.74, 6) is 2.43. The van der Waals surface area contributed by atoms with E-state index in [4.69, 9.17) is 4.74 Å². The lowest BCUT2D eigenvalue weighted by Gasteiger charge is -2.09. The summed E-state index contributed by atoms with van der Waals surface area (Å²) in [4.78, 5) is 8.79. The molecule has 4 nitrogen and oxygen atoms in total. The second-order valence-corrected chi connectivity index (χ2v) is 4.52. The molecule has 0 amide bonds. The molecule has 1 heterocycles. The van der Waals surface area contributed by atoms with Gasteiger partial charge in [0.1, 0.15) is 11.6 Å². The summed E-state index contributed by atoms with van der Waals surface area (Å²) in [5.41, 5.74) is 0.876. The number of methoxy groups -OCH3 is 1. The van der Waals surface area contributed by atoms with Crippen molar-refractivity contribution in [1.82, 2.24) is 9.97 Å². The zero-order chi connectivity index (χ0) is 11.3. The van der Waals surface area contributed by atoms with Gasteiger partial charge in [0.05, 0.1) is 22.5 Å². The first-order chi connectivity index (χ1) is 7.22. The molecule has 0 aromatic carbocycles. The van der Waals surface area contributed by atoms with Crippen LogP contribution in [0.4, 0.5) is 5.82 Å². The molecule has 1 N–H and O–H groups in total. The number of hydrogen-bond donors (Lipinski definition) is 1. The van der Waals surface area contributed by atoms with Crippen LogP contribution < -0.4 is 5.32 Å². The number of hydrogen-bond acceptors (Lipinski definition) is 5. The van der Waals surface area contributed by atoms with Crippen molar-refractivity contribution >= 4 is 33.5 Å². The molecule has 0 aliphatic heterocycles. The zero-order valence-corrected chi connectivity index (χ0v) is 11.4. The van der Waals surface area contributed by atoms with Gasteiger partial charge in [0.15, 0.2) is 0 Å². The summed E-state index contributed by atoms with van der Waals surface area (Å²) in [6.07, 6.45) is 2.03. The molecule has 1 aromatic heterocycles. The Bertz CT molecular complexity index is 335. The Kier molecular flexibility index (Phi) is 5.35. The topological polar surface area (TPSA) is 47.0 Å². The van der Waals surface area contributed by atoms with E-state index in [-0.39, 0.29) is 0 Å². The second-order valence-electron chi connectivity index (χ2n) is 2.87.